The van der Waals surface area contributed by atoms with Crippen molar-refractivity contribution in [1.29, 1.82) is 5.26 Å². The monoisotopic (exact) mass is 594 g/mol. The van der Waals surface area contributed by atoms with Crippen molar-refractivity contribution < 1.29 is 9.53 Å². The van der Waals surface area contributed by atoms with Gasteiger partial charge in [0.15, 0.2) is 0 Å². The quantitative estimate of drug-likeness (QED) is 0.315. The maximum Gasteiger partial charge on any atom is 0.253 e. The number of hydrogen-bond acceptors (Lipinski definition) is 7. The first-order valence-corrected chi connectivity index (χ1v) is 16.3. The zero-order chi connectivity index (χ0) is 31.1. The van der Waals surface area contributed by atoms with Crippen LogP contribution in [0.15, 0.2) is 48.8 Å². The second-order valence-electron chi connectivity index (χ2n) is 14.2. The van der Waals surface area contributed by atoms with E-state index >= 15 is 0 Å². The van der Waals surface area contributed by atoms with Gasteiger partial charge in [-0.25, -0.2) is 4.98 Å². The first-order valence-electron chi connectivity index (χ1n) is 16.3. The van der Waals surface area contributed by atoms with Gasteiger partial charge in [-0.2, -0.15) is 5.26 Å². The third-order valence-electron chi connectivity index (χ3n) is 10.6. The molecule has 6 rings (SSSR count). The summed E-state index contributed by atoms with van der Waals surface area (Å²) in [4.78, 5) is 27.6. The molecule has 2 aromatic heterocycles. The molecule has 8 heteroatoms. The van der Waals surface area contributed by atoms with Gasteiger partial charge < -0.3 is 19.9 Å². The van der Waals surface area contributed by atoms with Crippen molar-refractivity contribution in [2.45, 2.75) is 84.9 Å². The lowest BCUT2D eigenvalue weighted by molar-refractivity contribution is -0.163. The molecule has 0 unspecified atom stereocenters. The van der Waals surface area contributed by atoms with Crippen LogP contribution in [-0.2, 0) is 0 Å². The molecule has 0 atom stereocenters. The molecule has 1 amide bonds. The zero-order valence-electron chi connectivity index (χ0n) is 26.8. The van der Waals surface area contributed by atoms with Crippen LogP contribution in [0.4, 0.5) is 5.82 Å². The van der Waals surface area contributed by atoms with E-state index in [2.05, 4.69) is 60.8 Å². The van der Waals surface area contributed by atoms with E-state index < -0.39 is 0 Å². The first kappa shape index (κ1) is 30.3. The highest BCUT2D eigenvalue weighted by molar-refractivity contribution is 5.94. The largest absolute Gasteiger partial charge is 0.488 e. The standard InChI is InChI=1S/C36H46N6O2/c1-6-41(27-9-7-10-27)23-24-16-19-42(20-17-24)30-15-13-26(22-39-30)32(43)40-33-35(2,3)34(36(33,4)5)44-29-14-12-25(21-37)31-28(29)11-8-18-38-31/h8,11-15,18,22,24,27,33-34H,6-7,9-10,16-17,19-20,23H2,1-5H3,(H,40,43)/t33-,34-. The predicted octanol–water partition coefficient (Wildman–Crippen LogP) is 6.20. The molecule has 1 N–H and O–H groups in total. The van der Waals surface area contributed by atoms with Gasteiger partial charge in [-0.3, -0.25) is 9.78 Å². The number of fused-ring (bicyclic) bond motifs is 1. The van der Waals surface area contributed by atoms with Gasteiger partial charge in [0, 0.05) is 60.3 Å². The topological polar surface area (TPSA) is 94.4 Å². The van der Waals surface area contributed by atoms with Crippen LogP contribution in [-0.4, -0.2) is 65.1 Å². The first-order chi connectivity index (χ1) is 21.1. The second-order valence-corrected chi connectivity index (χ2v) is 14.2. The molecule has 44 heavy (non-hydrogen) atoms. The van der Waals surface area contributed by atoms with Crippen LogP contribution < -0.4 is 15.0 Å². The summed E-state index contributed by atoms with van der Waals surface area (Å²) in [6, 6.07) is 14.2. The second kappa shape index (κ2) is 12.0. The summed E-state index contributed by atoms with van der Waals surface area (Å²) in [7, 11) is 0. The highest BCUT2D eigenvalue weighted by Gasteiger charge is 2.64. The van der Waals surface area contributed by atoms with E-state index in [1.807, 2.05) is 30.3 Å². The number of ether oxygens (including phenoxy) is 1. The Morgan fingerprint density at radius 3 is 2.43 bits per heavy atom. The number of piperidine rings is 1. The molecule has 3 aliphatic rings. The average molecular weight is 595 g/mol. The number of hydrogen-bond donors (Lipinski definition) is 1. The van der Waals surface area contributed by atoms with Gasteiger partial charge in [0.25, 0.3) is 5.91 Å². The van der Waals surface area contributed by atoms with Crippen molar-refractivity contribution in [2.75, 3.05) is 31.1 Å². The van der Waals surface area contributed by atoms with Crippen LogP contribution in [0.1, 0.15) is 82.6 Å². The minimum Gasteiger partial charge on any atom is -0.488 e. The molecule has 3 fully saturated rings. The summed E-state index contributed by atoms with van der Waals surface area (Å²) in [6.07, 6.45) is 9.76. The molecule has 3 heterocycles. The van der Waals surface area contributed by atoms with Gasteiger partial charge in [-0.15, -0.1) is 0 Å². The van der Waals surface area contributed by atoms with Gasteiger partial charge >= 0.3 is 0 Å². The van der Waals surface area contributed by atoms with Crippen LogP contribution in [0.25, 0.3) is 10.9 Å². The minimum absolute atomic E-state index is 0.100. The van der Waals surface area contributed by atoms with Crippen molar-refractivity contribution in [3.05, 3.63) is 59.9 Å². The molecule has 232 valence electrons. The maximum absolute atomic E-state index is 13.4. The molecule has 1 aliphatic heterocycles. The number of anilines is 1. The Morgan fingerprint density at radius 2 is 1.82 bits per heavy atom. The summed E-state index contributed by atoms with van der Waals surface area (Å²) in [5.74, 6) is 2.29. The molecule has 8 nitrogen and oxygen atoms in total. The lowest BCUT2D eigenvalue weighted by Gasteiger charge is -2.63. The SMILES string of the molecule is CCN(CC1CCN(c2ccc(C(=O)N[C@H]3C(C)(C)[C@H](Oc4ccc(C#N)c5ncccc45)C3(C)C)cn2)CC1)C1CCC1. The fourth-order valence-electron chi connectivity index (χ4n) is 8.15. The zero-order valence-corrected chi connectivity index (χ0v) is 26.8. The van der Waals surface area contributed by atoms with Gasteiger partial charge in [0.1, 0.15) is 23.7 Å². The number of pyridine rings is 2. The Morgan fingerprint density at radius 1 is 1.07 bits per heavy atom. The van der Waals surface area contributed by atoms with Crippen LogP contribution in [0, 0.1) is 28.1 Å². The van der Waals surface area contributed by atoms with Gasteiger partial charge in [-0.1, -0.05) is 41.0 Å². The number of amides is 1. The van der Waals surface area contributed by atoms with Crippen molar-refractivity contribution in [3.8, 4) is 11.8 Å². The number of nitrogens with zero attached hydrogens (tertiary/aromatic N) is 5. The Balaban J connectivity index is 1.06. The normalized spacial score (nSPS) is 23.1. The van der Waals surface area contributed by atoms with E-state index in [0.29, 0.717) is 22.4 Å². The van der Waals surface area contributed by atoms with E-state index in [0.717, 1.165) is 42.8 Å². The molecular formula is C36H46N6O2. The molecule has 1 aromatic carbocycles. The summed E-state index contributed by atoms with van der Waals surface area (Å²) in [6.45, 7) is 15.2. The van der Waals surface area contributed by atoms with E-state index in [4.69, 9.17) is 9.72 Å². The molecule has 1 saturated heterocycles. The molecular weight excluding hydrogens is 548 g/mol. The average Bonchev–Trinajstić information content (AvgIpc) is 3.01. The summed E-state index contributed by atoms with van der Waals surface area (Å²) < 4.78 is 6.63. The van der Waals surface area contributed by atoms with Crippen molar-refractivity contribution in [1.82, 2.24) is 20.2 Å². The number of nitriles is 1. The molecule has 2 saturated carbocycles. The highest BCUT2D eigenvalue weighted by Crippen LogP contribution is 2.56. The van der Waals surface area contributed by atoms with Gasteiger partial charge in [0.2, 0.25) is 0 Å². The number of carbonyl (C=O) groups excluding carboxylic acids is 1. The lowest BCUT2D eigenvalue weighted by atomic mass is 9.49. The number of rotatable bonds is 9. The third-order valence-corrected chi connectivity index (χ3v) is 10.6. The van der Waals surface area contributed by atoms with Crippen molar-refractivity contribution in [3.63, 3.8) is 0 Å². The van der Waals surface area contributed by atoms with E-state index in [9.17, 15) is 10.1 Å². The highest BCUT2D eigenvalue weighted by atomic mass is 16.5. The van der Waals surface area contributed by atoms with Crippen molar-refractivity contribution in [2.24, 2.45) is 16.7 Å². The van der Waals surface area contributed by atoms with Crippen LogP contribution in [0.5, 0.6) is 5.75 Å². The smallest absolute Gasteiger partial charge is 0.253 e. The fraction of sp³-hybridized carbons (Fsp3) is 0.556. The third kappa shape index (κ3) is 5.51. The molecule has 0 radical (unpaired) electrons. The van der Waals surface area contributed by atoms with Crippen LogP contribution >= 0.6 is 0 Å². The number of benzene rings is 1. The number of carbonyl (C=O) groups is 1. The molecule has 2 aliphatic carbocycles. The summed E-state index contributed by atoms with van der Waals surface area (Å²) >= 11 is 0. The Labute approximate surface area is 261 Å². The predicted molar refractivity (Wildman–Crippen MR) is 174 cm³/mol. The lowest BCUT2D eigenvalue weighted by Crippen LogP contribution is -2.74. The molecule has 3 aromatic rings. The van der Waals surface area contributed by atoms with Crippen LogP contribution in [0.3, 0.4) is 0 Å². The Hall–Kier alpha value is -3.70. The summed E-state index contributed by atoms with van der Waals surface area (Å²) in [5.41, 5.74) is 1.08. The van der Waals surface area contributed by atoms with Gasteiger partial charge in [-0.05, 0) is 74.5 Å². The number of nitrogens with one attached hydrogen (secondary N) is 1. The fourth-order valence-corrected chi connectivity index (χ4v) is 8.15. The summed E-state index contributed by atoms with van der Waals surface area (Å²) in [5, 5.41) is 13.6. The van der Waals surface area contributed by atoms with E-state index in [-0.39, 0.29) is 28.9 Å². The minimum atomic E-state index is -0.328. The Bertz CT molecular complexity index is 1520. The molecule has 0 bridgehead atoms. The van der Waals surface area contributed by atoms with E-state index in [1.54, 1.807) is 18.5 Å². The number of aromatic nitrogens is 2. The van der Waals surface area contributed by atoms with Crippen LogP contribution in [0.2, 0.25) is 0 Å². The van der Waals surface area contributed by atoms with E-state index in [1.165, 1.54) is 38.6 Å². The van der Waals surface area contributed by atoms with Gasteiger partial charge in [0.05, 0.1) is 16.6 Å². The maximum atomic E-state index is 13.4. The molecule has 0 spiro atoms. The van der Waals surface area contributed by atoms with Crippen molar-refractivity contribution >= 4 is 22.6 Å². The Kier molecular flexibility index (Phi) is 8.27.